The summed E-state index contributed by atoms with van der Waals surface area (Å²) in [5.41, 5.74) is 1.64. The fourth-order valence-electron chi connectivity index (χ4n) is 2.06. The second-order valence-electron chi connectivity index (χ2n) is 4.24. The third kappa shape index (κ3) is 2.62. The predicted molar refractivity (Wildman–Crippen MR) is 76.6 cm³/mol. The van der Waals surface area contributed by atoms with Gasteiger partial charge in [0, 0.05) is 24.5 Å². The van der Waals surface area contributed by atoms with E-state index in [1.807, 2.05) is 42.8 Å². The van der Waals surface area contributed by atoms with Crippen molar-refractivity contribution in [1.82, 2.24) is 9.88 Å². The van der Waals surface area contributed by atoms with Crippen molar-refractivity contribution in [2.24, 2.45) is 7.05 Å². The number of aromatic nitrogens is 1. The summed E-state index contributed by atoms with van der Waals surface area (Å²) in [6, 6.07) is 7.70. The van der Waals surface area contributed by atoms with Gasteiger partial charge in [-0.05, 0) is 31.2 Å². The Labute approximate surface area is 112 Å². The molecule has 2 rings (SSSR count). The standard InChI is InChI=1S/C15H18N2O2/c1-4-8-16-15(18)14-10-11-9-12(19-5-2)6-7-13(11)17(14)3/h4,6-7,9-10H,1,5,8H2,2-3H3,(H,16,18). The van der Waals surface area contributed by atoms with Crippen LogP contribution in [0.25, 0.3) is 10.9 Å². The zero-order chi connectivity index (χ0) is 13.8. The fraction of sp³-hybridized carbons (Fsp3) is 0.267. The first kappa shape index (κ1) is 13.2. The molecule has 0 aliphatic heterocycles. The number of hydrogen-bond donors (Lipinski definition) is 1. The van der Waals surface area contributed by atoms with Crippen LogP contribution in [-0.2, 0) is 7.05 Å². The largest absolute Gasteiger partial charge is 0.494 e. The molecule has 0 radical (unpaired) electrons. The second-order valence-corrected chi connectivity index (χ2v) is 4.24. The molecule has 0 aliphatic rings. The van der Waals surface area contributed by atoms with Crippen molar-refractivity contribution in [2.45, 2.75) is 6.92 Å². The highest BCUT2D eigenvalue weighted by atomic mass is 16.5. The minimum atomic E-state index is -0.100. The van der Waals surface area contributed by atoms with Crippen molar-refractivity contribution >= 4 is 16.8 Å². The number of nitrogens with zero attached hydrogens (tertiary/aromatic N) is 1. The lowest BCUT2D eigenvalue weighted by atomic mass is 10.2. The molecular formula is C15H18N2O2. The smallest absolute Gasteiger partial charge is 0.268 e. The summed E-state index contributed by atoms with van der Waals surface area (Å²) < 4.78 is 7.34. The summed E-state index contributed by atoms with van der Waals surface area (Å²) in [7, 11) is 1.88. The molecule has 100 valence electrons. The van der Waals surface area contributed by atoms with Crippen LogP contribution in [0.3, 0.4) is 0 Å². The number of ether oxygens (including phenoxy) is 1. The Hall–Kier alpha value is -2.23. The van der Waals surface area contributed by atoms with Crippen LogP contribution < -0.4 is 10.1 Å². The van der Waals surface area contributed by atoms with Crippen molar-refractivity contribution in [3.63, 3.8) is 0 Å². The first-order valence-electron chi connectivity index (χ1n) is 6.28. The van der Waals surface area contributed by atoms with E-state index in [-0.39, 0.29) is 5.91 Å². The van der Waals surface area contributed by atoms with Gasteiger partial charge in [0.15, 0.2) is 0 Å². The number of aryl methyl sites for hydroxylation is 1. The molecule has 0 atom stereocenters. The lowest BCUT2D eigenvalue weighted by Crippen LogP contribution is -2.25. The van der Waals surface area contributed by atoms with Crippen molar-refractivity contribution < 1.29 is 9.53 Å². The molecule has 1 N–H and O–H groups in total. The van der Waals surface area contributed by atoms with Crippen LogP contribution in [0, 0.1) is 0 Å². The van der Waals surface area contributed by atoms with Gasteiger partial charge in [-0.3, -0.25) is 4.79 Å². The lowest BCUT2D eigenvalue weighted by Gasteiger charge is -2.05. The van der Waals surface area contributed by atoms with Crippen molar-refractivity contribution in [1.29, 1.82) is 0 Å². The topological polar surface area (TPSA) is 43.3 Å². The van der Waals surface area contributed by atoms with E-state index < -0.39 is 0 Å². The minimum absolute atomic E-state index is 0.100. The quantitative estimate of drug-likeness (QED) is 0.837. The van der Waals surface area contributed by atoms with E-state index in [2.05, 4.69) is 11.9 Å². The number of fused-ring (bicyclic) bond motifs is 1. The summed E-state index contributed by atoms with van der Waals surface area (Å²) >= 11 is 0. The normalized spacial score (nSPS) is 10.4. The molecule has 0 fully saturated rings. The van der Waals surface area contributed by atoms with E-state index in [1.165, 1.54) is 0 Å². The number of nitrogens with one attached hydrogen (secondary N) is 1. The summed E-state index contributed by atoms with van der Waals surface area (Å²) in [6.45, 7) is 6.63. The Balaban J connectivity index is 2.38. The SMILES string of the molecule is C=CCNC(=O)c1cc2cc(OCC)ccc2n1C. The molecule has 1 heterocycles. The summed E-state index contributed by atoms with van der Waals surface area (Å²) in [4.78, 5) is 12.0. The third-order valence-electron chi connectivity index (χ3n) is 2.96. The zero-order valence-electron chi connectivity index (χ0n) is 11.3. The van der Waals surface area contributed by atoms with Gasteiger partial charge in [-0.25, -0.2) is 0 Å². The van der Waals surface area contributed by atoms with E-state index >= 15 is 0 Å². The van der Waals surface area contributed by atoms with Gasteiger partial charge in [-0.1, -0.05) is 6.08 Å². The first-order chi connectivity index (χ1) is 9.17. The van der Waals surface area contributed by atoms with Gasteiger partial charge >= 0.3 is 0 Å². The van der Waals surface area contributed by atoms with Crippen LogP contribution >= 0.6 is 0 Å². The summed E-state index contributed by atoms with van der Waals surface area (Å²) in [5, 5.41) is 3.78. The highest BCUT2D eigenvalue weighted by Crippen LogP contribution is 2.23. The number of hydrogen-bond acceptors (Lipinski definition) is 2. The molecule has 0 unspecified atom stereocenters. The highest BCUT2D eigenvalue weighted by Gasteiger charge is 2.12. The van der Waals surface area contributed by atoms with E-state index in [9.17, 15) is 4.79 Å². The Bertz CT molecular complexity index is 614. The monoisotopic (exact) mass is 258 g/mol. The van der Waals surface area contributed by atoms with E-state index in [1.54, 1.807) is 6.08 Å². The first-order valence-corrected chi connectivity index (χ1v) is 6.28. The van der Waals surface area contributed by atoms with Gasteiger partial charge in [0.2, 0.25) is 0 Å². The third-order valence-corrected chi connectivity index (χ3v) is 2.96. The van der Waals surface area contributed by atoms with Crippen LogP contribution in [0.5, 0.6) is 5.75 Å². The molecule has 1 amide bonds. The second kappa shape index (κ2) is 5.61. The molecule has 19 heavy (non-hydrogen) atoms. The van der Waals surface area contributed by atoms with Crippen LogP contribution in [0.15, 0.2) is 36.9 Å². The van der Waals surface area contributed by atoms with Gasteiger partial charge in [0.25, 0.3) is 5.91 Å². The Morgan fingerprint density at radius 3 is 2.95 bits per heavy atom. The van der Waals surface area contributed by atoms with E-state index in [0.29, 0.717) is 18.8 Å². The maximum atomic E-state index is 12.0. The molecule has 4 heteroatoms. The molecule has 0 aliphatic carbocycles. The molecule has 0 spiro atoms. The average molecular weight is 258 g/mol. The highest BCUT2D eigenvalue weighted by molar-refractivity contribution is 5.99. The van der Waals surface area contributed by atoms with Crippen molar-refractivity contribution in [3.05, 3.63) is 42.6 Å². The van der Waals surface area contributed by atoms with Gasteiger partial charge in [-0.15, -0.1) is 6.58 Å². The van der Waals surface area contributed by atoms with E-state index in [0.717, 1.165) is 16.7 Å². The number of amides is 1. The van der Waals surface area contributed by atoms with Gasteiger partial charge < -0.3 is 14.6 Å². The Morgan fingerprint density at radius 1 is 1.47 bits per heavy atom. The average Bonchev–Trinajstić information content (AvgIpc) is 2.73. The van der Waals surface area contributed by atoms with Gasteiger partial charge in [0.05, 0.1) is 6.61 Å². The fourth-order valence-corrected chi connectivity index (χ4v) is 2.06. The molecule has 0 saturated carbocycles. The molecule has 2 aromatic rings. The predicted octanol–water partition coefficient (Wildman–Crippen LogP) is 2.49. The van der Waals surface area contributed by atoms with Gasteiger partial charge in [-0.2, -0.15) is 0 Å². The number of rotatable bonds is 5. The van der Waals surface area contributed by atoms with Crippen LogP contribution in [-0.4, -0.2) is 23.6 Å². The van der Waals surface area contributed by atoms with E-state index in [4.69, 9.17) is 4.74 Å². The van der Waals surface area contributed by atoms with Crippen LogP contribution in [0.1, 0.15) is 17.4 Å². The Kier molecular flexibility index (Phi) is 3.90. The molecule has 4 nitrogen and oxygen atoms in total. The number of benzene rings is 1. The van der Waals surface area contributed by atoms with Crippen molar-refractivity contribution in [3.8, 4) is 5.75 Å². The zero-order valence-corrected chi connectivity index (χ0v) is 11.3. The van der Waals surface area contributed by atoms with Crippen molar-refractivity contribution in [2.75, 3.05) is 13.2 Å². The lowest BCUT2D eigenvalue weighted by molar-refractivity contribution is 0.0950. The maximum absolute atomic E-state index is 12.0. The van der Waals surface area contributed by atoms with Crippen LogP contribution in [0.4, 0.5) is 0 Å². The maximum Gasteiger partial charge on any atom is 0.268 e. The molecule has 1 aromatic carbocycles. The number of carbonyl (C=O) groups excluding carboxylic acids is 1. The molecule has 1 aromatic heterocycles. The summed E-state index contributed by atoms with van der Waals surface area (Å²) in [5.74, 6) is 0.718. The molecule has 0 bridgehead atoms. The van der Waals surface area contributed by atoms with Crippen LogP contribution in [0.2, 0.25) is 0 Å². The number of carbonyl (C=O) groups is 1. The van der Waals surface area contributed by atoms with Gasteiger partial charge in [0.1, 0.15) is 11.4 Å². The molecular weight excluding hydrogens is 240 g/mol. The summed E-state index contributed by atoms with van der Waals surface area (Å²) in [6.07, 6.45) is 1.66. The minimum Gasteiger partial charge on any atom is -0.494 e. The molecule has 0 saturated heterocycles. The Morgan fingerprint density at radius 2 is 2.26 bits per heavy atom.